The molecular formula is C20H26N2O3. The number of ether oxygens (including phenoxy) is 1. The molecule has 0 aliphatic carbocycles. The number of hydrogen-bond acceptors (Lipinski definition) is 3. The van der Waals surface area contributed by atoms with Crippen molar-refractivity contribution >= 4 is 6.03 Å². The molecule has 3 atom stereocenters. The molecule has 0 saturated carbocycles. The summed E-state index contributed by atoms with van der Waals surface area (Å²) in [6.07, 6.45) is -0.0955. The minimum absolute atomic E-state index is 0.00193. The monoisotopic (exact) mass is 342 g/mol. The number of aryl methyl sites for hydroxylation is 2. The fourth-order valence-corrected chi connectivity index (χ4v) is 3.40. The molecule has 1 fully saturated rings. The quantitative estimate of drug-likeness (QED) is 0.912. The summed E-state index contributed by atoms with van der Waals surface area (Å²) in [7, 11) is 0. The van der Waals surface area contributed by atoms with Crippen molar-refractivity contribution < 1.29 is 13.9 Å². The van der Waals surface area contributed by atoms with Crippen molar-refractivity contribution in [3.63, 3.8) is 0 Å². The lowest BCUT2D eigenvalue weighted by molar-refractivity contribution is -0.0658. The van der Waals surface area contributed by atoms with Gasteiger partial charge in [0.15, 0.2) is 0 Å². The van der Waals surface area contributed by atoms with E-state index in [0.717, 1.165) is 22.6 Å². The Morgan fingerprint density at radius 3 is 2.60 bits per heavy atom. The van der Waals surface area contributed by atoms with Crippen LogP contribution in [0.4, 0.5) is 4.79 Å². The molecule has 1 saturated heterocycles. The molecule has 2 amide bonds. The highest BCUT2D eigenvalue weighted by molar-refractivity contribution is 5.75. The maximum Gasteiger partial charge on any atom is 0.318 e. The Kier molecular flexibility index (Phi) is 5.13. The average molecular weight is 342 g/mol. The summed E-state index contributed by atoms with van der Waals surface area (Å²) in [5.74, 6) is 1.71. The van der Waals surface area contributed by atoms with E-state index in [1.807, 2.05) is 69.0 Å². The van der Waals surface area contributed by atoms with Gasteiger partial charge in [0.2, 0.25) is 0 Å². The van der Waals surface area contributed by atoms with Gasteiger partial charge >= 0.3 is 6.03 Å². The molecule has 134 valence electrons. The molecule has 3 unspecified atom stereocenters. The average Bonchev–Trinajstić information content (AvgIpc) is 2.93. The van der Waals surface area contributed by atoms with Crippen LogP contribution in [0.1, 0.15) is 48.6 Å². The summed E-state index contributed by atoms with van der Waals surface area (Å²) >= 11 is 0. The predicted molar refractivity (Wildman–Crippen MR) is 96.4 cm³/mol. The molecule has 1 aliphatic heterocycles. The first kappa shape index (κ1) is 17.5. The van der Waals surface area contributed by atoms with Crippen molar-refractivity contribution in [2.24, 2.45) is 0 Å². The van der Waals surface area contributed by atoms with Gasteiger partial charge in [-0.1, -0.05) is 30.3 Å². The van der Waals surface area contributed by atoms with E-state index >= 15 is 0 Å². The smallest absolute Gasteiger partial charge is 0.318 e. The van der Waals surface area contributed by atoms with E-state index in [0.29, 0.717) is 13.1 Å². The zero-order chi connectivity index (χ0) is 18.0. The lowest BCUT2D eigenvalue weighted by Crippen LogP contribution is -2.50. The Labute approximate surface area is 149 Å². The number of amides is 2. The normalized spacial score (nSPS) is 21.8. The predicted octanol–water partition coefficient (Wildman–Crippen LogP) is 4.13. The number of benzene rings is 1. The number of furan rings is 1. The second kappa shape index (κ2) is 7.31. The van der Waals surface area contributed by atoms with Gasteiger partial charge in [0.25, 0.3) is 0 Å². The van der Waals surface area contributed by atoms with E-state index in [4.69, 9.17) is 9.15 Å². The summed E-state index contributed by atoms with van der Waals surface area (Å²) in [6, 6.07) is 11.9. The van der Waals surface area contributed by atoms with Gasteiger partial charge in [-0.05, 0) is 39.3 Å². The van der Waals surface area contributed by atoms with Crippen molar-refractivity contribution in [2.75, 3.05) is 13.1 Å². The van der Waals surface area contributed by atoms with E-state index < -0.39 is 0 Å². The van der Waals surface area contributed by atoms with Gasteiger partial charge in [0, 0.05) is 12.1 Å². The molecule has 0 spiro atoms. The van der Waals surface area contributed by atoms with Gasteiger partial charge < -0.3 is 19.4 Å². The van der Waals surface area contributed by atoms with Crippen LogP contribution in [-0.2, 0) is 4.74 Å². The van der Waals surface area contributed by atoms with E-state index in [1.165, 1.54) is 0 Å². The van der Waals surface area contributed by atoms with Gasteiger partial charge in [0.1, 0.15) is 17.6 Å². The Morgan fingerprint density at radius 2 is 1.96 bits per heavy atom. The van der Waals surface area contributed by atoms with Gasteiger partial charge in [-0.2, -0.15) is 0 Å². The van der Waals surface area contributed by atoms with Gasteiger partial charge in [-0.15, -0.1) is 0 Å². The van der Waals surface area contributed by atoms with Crippen LogP contribution in [0.15, 0.2) is 40.8 Å². The van der Waals surface area contributed by atoms with E-state index in [2.05, 4.69) is 5.32 Å². The molecule has 1 aromatic carbocycles. The third kappa shape index (κ3) is 4.04. The summed E-state index contributed by atoms with van der Waals surface area (Å²) < 4.78 is 11.6. The van der Waals surface area contributed by atoms with Crippen molar-refractivity contribution in [1.29, 1.82) is 0 Å². The van der Waals surface area contributed by atoms with Crippen LogP contribution in [0, 0.1) is 13.8 Å². The molecule has 2 aromatic rings. The first-order chi connectivity index (χ1) is 11.9. The number of morpholine rings is 1. The molecule has 5 nitrogen and oxygen atoms in total. The van der Waals surface area contributed by atoms with E-state index in [1.54, 1.807) is 0 Å². The lowest BCUT2D eigenvalue weighted by atomic mass is 10.1. The Morgan fingerprint density at radius 1 is 1.24 bits per heavy atom. The highest BCUT2D eigenvalue weighted by atomic mass is 16.5. The zero-order valence-corrected chi connectivity index (χ0v) is 15.3. The molecule has 1 aromatic heterocycles. The summed E-state index contributed by atoms with van der Waals surface area (Å²) in [4.78, 5) is 14.6. The van der Waals surface area contributed by atoms with E-state index in [-0.39, 0.29) is 24.3 Å². The molecule has 2 heterocycles. The molecule has 1 N–H and O–H groups in total. The first-order valence-corrected chi connectivity index (χ1v) is 8.77. The Balaban J connectivity index is 1.67. The van der Waals surface area contributed by atoms with Crippen molar-refractivity contribution in [3.8, 4) is 0 Å². The van der Waals surface area contributed by atoms with Crippen molar-refractivity contribution in [2.45, 2.75) is 45.9 Å². The van der Waals surface area contributed by atoms with Crippen LogP contribution >= 0.6 is 0 Å². The van der Waals surface area contributed by atoms with Crippen LogP contribution in [0.25, 0.3) is 0 Å². The fraction of sp³-hybridized carbons (Fsp3) is 0.450. The summed E-state index contributed by atoms with van der Waals surface area (Å²) in [5, 5.41) is 3.08. The number of nitrogens with one attached hydrogen (secondary N) is 1. The maximum atomic E-state index is 12.8. The number of carbonyl (C=O) groups is 1. The van der Waals surface area contributed by atoms with Crippen LogP contribution in [0.3, 0.4) is 0 Å². The zero-order valence-electron chi connectivity index (χ0n) is 15.3. The molecular weight excluding hydrogens is 316 g/mol. The minimum atomic E-state index is -0.0988. The fourth-order valence-electron chi connectivity index (χ4n) is 3.40. The van der Waals surface area contributed by atoms with Crippen LogP contribution in [-0.4, -0.2) is 30.1 Å². The number of nitrogens with zero attached hydrogens (tertiary/aromatic N) is 1. The number of urea groups is 1. The second-order valence-electron chi connectivity index (χ2n) is 6.79. The summed E-state index contributed by atoms with van der Waals surface area (Å²) in [6.45, 7) is 8.96. The topological polar surface area (TPSA) is 54.7 Å². The van der Waals surface area contributed by atoms with Crippen molar-refractivity contribution in [3.05, 3.63) is 59.0 Å². The Hall–Kier alpha value is -2.27. The SMILES string of the molecule is Cc1cc(C(C)NC(=O)N2CC(C)OC(c3ccccc3)C2)c(C)o1. The van der Waals surface area contributed by atoms with Crippen LogP contribution in [0.5, 0.6) is 0 Å². The standard InChI is InChI=1S/C20H26N2O3/c1-13-10-18(16(4)24-13)15(3)21-20(23)22-11-14(2)25-19(12-22)17-8-6-5-7-9-17/h5-10,14-15,19H,11-12H2,1-4H3,(H,21,23). The third-order valence-corrected chi connectivity index (χ3v) is 4.60. The largest absolute Gasteiger partial charge is 0.466 e. The first-order valence-electron chi connectivity index (χ1n) is 8.77. The molecule has 1 aliphatic rings. The summed E-state index contributed by atoms with van der Waals surface area (Å²) in [5.41, 5.74) is 2.12. The maximum absolute atomic E-state index is 12.8. The molecule has 0 radical (unpaired) electrons. The van der Waals surface area contributed by atoms with Gasteiger partial charge in [-0.25, -0.2) is 4.79 Å². The van der Waals surface area contributed by atoms with Crippen LogP contribution < -0.4 is 5.32 Å². The second-order valence-corrected chi connectivity index (χ2v) is 6.79. The van der Waals surface area contributed by atoms with Gasteiger partial charge in [0.05, 0.1) is 18.7 Å². The lowest BCUT2D eigenvalue weighted by Gasteiger charge is -2.37. The Bertz CT molecular complexity index is 726. The van der Waals surface area contributed by atoms with Gasteiger partial charge in [-0.3, -0.25) is 0 Å². The number of hydrogen-bond donors (Lipinski definition) is 1. The molecule has 0 bridgehead atoms. The third-order valence-electron chi connectivity index (χ3n) is 4.60. The minimum Gasteiger partial charge on any atom is -0.466 e. The van der Waals surface area contributed by atoms with Crippen molar-refractivity contribution in [1.82, 2.24) is 10.2 Å². The number of carbonyl (C=O) groups excluding carboxylic acids is 1. The molecule has 5 heteroatoms. The van der Waals surface area contributed by atoms with E-state index in [9.17, 15) is 4.79 Å². The highest BCUT2D eigenvalue weighted by Gasteiger charge is 2.30. The highest BCUT2D eigenvalue weighted by Crippen LogP contribution is 2.26. The molecule has 3 rings (SSSR count). The van der Waals surface area contributed by atoms with Crippen LogP contribution in [0.2, 0.25) is 0 Å². The number of rotatable bonds is 3. The molecule has 25 heavy (non-hydrogen) atoms.